The molecule has 57 heavy (non-hydrogen) atoms. The molecule has 0 amide bonds. The third kappa shape index (κ3) is 44.3. The van der Waals surface area contributed by atoms with E-state index in [0.29, 0.717) is 19.3 Å². The zero-order valence-corrected chi connectivity index (χ0v) is 37.6. The summed E-state index contributed by atoms with van der Waals surface area (Å²) in [6, 6.07) is 0. The normalized spacial score (nSPS) is 12.4. The molecule has 0 aromatic heterocycles. The van der Waals surface area contributed by atoms with Crippen LogP contribution in [0.2, 0.25) is 0 Å². The van der Waals surface area contributed by atoms with Gasteiger partial charge in [0.05, 0.1) is 0 Å². The zero-order valence-electron chi connectivity index (χ0n) is 37.6. The van der Waals surface area contributed by atoms with Gasteiger partial charge in [-0.3, -0.25) is 14.4 Å². The number of carbonyl (C=O) groups excluding carboxylic acids is 3. The van der Waals surface area contributed by atoms with Crippen LogP contribution in [-0.2, 0) is 28.6 Å². The Balaban J connectivity index is 4.41. The van der Waals surface area contributed by atoms with E-state index in [1.54, 1.807) is 0 Å². The van der Waals surface area contributed by atoms with Gasteiger partial charge in [-0.15, -0.1) is 0 Å². The molecule has 0 aliphatic rings. The third-order valence-electron chi connectivity index (χ3n) is 10.3. The molecule has 0 aromatic carbocycles. The van der Waals surface area contributed by atoms with E-state index in [4.69, 9.17) is 14.2 Å². The molecule has 0 fully saturated rings. The smallest absolute Gasteiger partial charge is 0.306 e. The first-order chi connectivity index (χ1) is 28.0. The van der Waals surface area contributed by atoms with Gasteiger partial charge in [-0.1, -0.05) is 179 Å². The van der Waals surface area contributed by atoms with Gasteiger partial charge in [-0.05, 0) is 89.9 Å². The molecule has 6 nitrogen and oxygen atoms in total. The van der Waals surface area contributed by atoms with Crippen LogP contribution in [0.3, 0.4) is 0 Å². The summed E-state index contributed by atoms with van der Waals surface area (Å²) in [6.07, 6.45) is 53.8. The van der Waals surface area contributed by atoms with Crippen molar-refractivity contribution in [1.29, 1.82) is 0 Å². The van der Waals surface area contributed by atoms with Crippen molar-refractivity contribution < 1.29 is 28.6 Å². The minimum absolute atomic E-state index is 0.0887. The fourth-order valence-electron chi connectivity index (χ4n) is 6.58. The van der Waals surface area contributed by atoms with Crippen molar-refractivity contribution in [2.24, 2.45) is 0 Å². The number of unbranched alkanes of at least 4 members (excludes halogenated alkanes) is 25. The van der Waals surface area contributed by atoms with Crippen molar-refractivity contribution in [3.63, 3.8) is 0 Å². The van der Waals surface area contributed by atoms with Gasteiger partial charge in [-0.2, -0.15) is 0 Å². The Morgan fingerprint density at radius 3 is 1.09 bits per heavy atom. The molecule has 0 N–H and O–H groups in total. The largest absolute Gasteiger partial charge is 0.462 e. The molecule has 0 saturated carbocycles. The predicted molar refractivity (Wildman–Crippen MR) is 242 cm³/mol. The van der Waals surface area contributed by atoms with Gasteiger partial charge in [0.25, 0.3) is 0 Å². The predicted octanol–water partition coefficient (Wildman–Crippen LogP) is 15.5. The van der Waals surface area contributed by atoms with E-state index in [1.165, 1.54) is 103 Å². The molecule has 0 heterocycles. The first-order valence-corrected chi connectivity index (χ1v) is 24.2. The summed E-state index contributed by atoms with van der Waals surface area (Å²) in [4.78, 5) is 37.8. The minimum atomic E-state index is -0.787. The van der Waals surface area contributed by atoms with Crippen LogP contribution in [0.15, 0.2) is 48.6 Å². The minimum Gasteiger partial charge on any atom is -0.462 e. The molecule has 0 aliphatic heterocycles. The zero-order chi connectivity index (χ0) is 41.5. The van der Waals surface area contributed by atoms with Crippen molar-refractivity contribution in [3.05, 3.63) is 48.6 Å². The fourth-order valence-corrected chi connectivity index (χ4v) is 6.58. The Kier molecular flexibility index (Phi) is 43.9. The summed E-state index contributed by atoms with van der Waals surface area (Å²) in [5.41, 5.74) is 0. The quantitative estimate of drug-likeness (QED) is 0.0201. The number of hydrogen-bond acceptors (Lipinski definition) is 6. The van der Waals surface area contributed by atoms with Crippen LogP contribution >= 0.6 is 0 Å². The summed E-state index contributed by atoms with van der Waals surface area (Å²) in [5.74, 6) is -0.928. The monoisotopic (exact) mass is 799 g/mol. The van der Waals surface area contributed by atoms with E-state index in [-0.39, 0.29) is 31.1 Å². The van der Waals surface area contributed by atoms with Crippen molar-refractivity contribution in [2.45, 2.75) is 245 Å². The molecule has 0 bridgehead atoms. The molecule has 1 atom stereocenters. The lowest BCUT2D eigenvalue weighted by Crippen LogP contribution is -2.30. The van der Waals surface area contributed by atoms with Crippen LogP contribution in [0.1, 0.15) is 239 Å². The number of allylic oxidation sites excluding steroid dienone is 8. The second-order valence-corrected chi connectivity index (χ2v) is 16.0. The Labute approximate surface area is 352 Å². The third-order valence-corrected chi connectivity index (χ3v) is 10.3. The van der Waals surface area contributed by atoms with Crippen molar-refractivity contribution in [3.8, 4) is 0 Å². The Morgan fingerprint density at radius 2 is 0.649 bits per heavy atom. The van der Waals surface area contributed by atoms with Gasteiger partial charge in [0.2, 0.25) is 0 Å². The summed E-state index contributed by atoms with van der Waals surface area (Å²) in [5, 5.41) is 0. The van der Waals surface area contributed by atoms with Crippen molar-refractivity contribution >= 4 is 17.9 Å². The van der Waals surface area contributed by atoms with Crippen LogP contribution in [-0.4, -0.2) is 37.2 Å². The Bertz CT molecular complexity index is 1010. The lowest BCUT2D eigenvalue weighted by molar-refractivity contribution is -0.167. The number of ether oxygens (including phenoxy) is 3. The molecular formula is C51H90O6. The second-order valence-electron chi connectivity index (χ2n) is 16.0. The highest BCUT2D eigenvalue weighted by atomic mass is 16.6. The maximum absolute atomic E-state index is 12.7. The second kappa shape index (κ2) is 46.1. The maximum atomic E-state index is 12.7. The van der Waals surface area contributed by atoms with E-state index in [1.807, 2.05) is 0 Å². The molecule has 1 unspecified atom stereocenters. The van der Waals surface area contributed by atoms with Gasteiger partial charge in [0.1, 0.15) is 13.2 Å². The molecule has 0 radical (unpaired) electrons. The molecule has 330 valence electrons. The summed E-state index contributed by atoms with van der Waals surface area (Å²) in [7, 11) is 0. The molecule has 0 saturated heterocycles. The van der Waals surface area contributed by atoms with Gasteiger partial charge in [-0.25, -0.2) is 0 Å². The van der Waals surface area contributed by atoms with E-state index in [2.05, 4.69) is 69.4 Å². The first kappa shape index (κ1) is 54.4. The Hall–Kier alpha value is -2.63. The van der Waals surface area contributed by atoms with Gasteiger partial charge < -0.3 is 14.2 Å². The van der Waals surface area contributed by atoms with Crippen LogP contribution in [0.25, 0.3) is 0 Å². The molecular weight excluding hydrogens is 709 g/mol. The summed E-state index contributed by atoms with van der Waals surface area (Å²) >= 11 is 0. The van der Waals surface area contributed by atoms with Crippen LogP contribution in [0, 0.1) is 0 Å². The van der Waals surface area contributed by atoms with E-state index in [0.717, 1.165) is 96.3 Å². The van der Waals surface area contributed by atoms with E-state index < -0.39 is 6.10 Å². The summed E-state index contributed by atoms with van der Waals surface area (Å²) < 4.78 is 16.7. The van der Waals surface area contributed by atoms with Gasteiger partial charge in [0, 0.05) is 19.3 Å². The molecule has 6 heteroatoms. The SMILES string of the molecule is CCCC/C=C\CCCCCCC(=O)OCC(COC(=O)CCCCCCCC/C=C\C=C/CCCCC)OC(=O)CCCCC/C=C\CCCCCCCCC. The highest BCUT2D eigenvalue weighted by Crippen LogP contribution is 2.13. The number of carbonyl (C=O) groups is 3. The fraction of sp³-hybridized carbons (Fsp3) is 0.784. The first-order valence-electron chi connectivity index (χ1n) is 24.2. The lowest BCUT2D eigenvalue weighted by Gasteiger charge is -2.18. The highest BCUT2D eigenvalue weighted by Gasteiger charge is 2.19. The van der Waals surface area contributed by atoms with Crippen LogP contribution in [0.5, 0.6) is 0 Å². The van der Waals surface area contributed by atoms with Crippen LogP contribution < -0.4 is 0 Å². The topological polar surface area (TPSA) is 78.9 Å². The van der Waals surface area contributed by atoms with Crippen LogP contribution in [0.4, 0.5) is 0 Å². The molecule has 0 aromatic rings. The highest BCUT2D eigenvalue weighted by molar-refractivity contribution is 5.71. The average Bonchev–Trinajstić information content (AvgIpc) is 3.21. The Morgan fingerprint density at radius 1 is 0.351 bits per heavy atom. The van der Waals surface area contributed by atoms with Gasteiger partial charge in [0.15, 0.2) is 6.10 Å². The lowest BCUT2D eigenvalue weighted by atomic mass is 10.1. The van der Waals surface area contributed by atoms with Crippen molar-refractivity contribution in [1.82, 2.24) is 0 Å². The van der Waals surface area contributed by atoms with E-state index >= 15 is 0 Å². The summed E-state index contributed by atoms with van der Waals surface area (Å²) in [6.45, 7) is 6.52. The standard InChI is InChI=1S/C51H90O6/c1-4-7-10-13-16-19-22-24-26-28-29-32-35-38-41-44-50(53)56-47-48(46-55-49(52)43-40-37-34-31-21-18-15-12-9-6-3)57-51(54)45-42-39-36-33-30-27-25-23-20-17-14-11-8-5-2/h15-16,18-19,22,24,27,30,48H,4-14,17,20-21,23,25-26,28-29,31-47H2,1-3H3/b18-15-,19-16-,24-22-,30-27-. The number of hydrogen-bond donors (Lipinski definition) is 0. The van der Waals surface area contributed by atoms with Gasteiger partial charge >= 0.3 is 17.9 Å². The average molecular weight is 799 g/mol. The number of rotatable bonds is 43. The number of esters is 3. The van der Waals surface area contributed by atoms with Crippen molar-refractivity contribution in [2.75, 3.05) is 13.2 Å². The maximum Gasteiger partial charge on any atom is 0.306 e. The molecule has 0 aliphatic carbocycles. The van der Waals surface area contributed by atoms with E-state index in [9.17, 15) is 14.4 Å². The molecule has 0 spiro atoms. The molecule has 0 rings (SSSR count).